The van der Waals surface area contributed by atoms with Gasteiger partial charge in [-0.25, -0.2) is 19.4 Å². The van der Waals surface area contributed by atoms with Gasteiger partial charge in [-0.05, 0) is 6.07 Å². The minimum atomic E-state index is -1.15. The van der Waals surface area contributed by atoms with Crippen LogP contribution in [-0.4, -0.2) is 40.4 Å². The van der Waals surface area contributed by atoms with E-state index in [4.69, 9.17) is 10.8 Å². The number of hydrogen-bond donors (Lipinski definition) is 2. The fourth-order valence-electron chi connectivity index (χ4n) is 1.94. The Balaban J connectivity index is 1.96. The van der Waals surface area contributed by atoms with E-state index in [-0.39, 0.29) is 18.8 Å². The lowest BCUT2D eigenvalue weighted by Crippen LogP contribution is -2.13. The number of aromatic carboxylic acids is 1. The Morgan fingerprint density at radius 1 is 1.45 bits per heavy atom. The van der Waals surface area contributed by atoms with Crippen LogP contribution >= 0.6 is 0 Å². The van der Waals surface area contributed by atoms with Crippen molar-refractivity contribution >= 4 is 11.7 Å². The molecule has 0 saturated heterocycles. The minimum absolute atomic E-state index is 0.0419. The van der Waals surface area contributed by atoms with Crippen LogP contribution in [0.5, 0.6) is 0 Å². The third kappa shape index (κ3) is 1.99. The van der Waals surface area contributed by atoms with Crippen LogP contribution in [-0.2, 0) is 13.1 Å². The highest BCUT2D eigenvalue weighted by molar-refractivity contribution is 5.86. The average molecular weight is 273 g/mol. The molecule has 0 aromatic carbocycles. The number of fused-ring (bicyclic) bond motifs is 1. The van der Waals surface area contributed by atoms with Crippen LogP contribution < -0.4 is 5.73 Å². The van der Waals surface area contributed by atoms with Crippen molar-refractivity contribution in [3.63, 3.8) is 0 Å². The number of nitrogens with two attached hydrogens (primary N) is 1. The molecule has 0 amide bonds. The van der Waals surface area contributed by atoms with Crippen molar-refractivity contribution in [1.82, 2.24) is 29.4 Å². The predicted octanol–water partition coefficient (Wildman–Crippen LogP) is -0.474. The number of hydrogen-bond acceptors (Lipinski definition) is 6. The Labute approximate surface area is 112 Å². The van der Waals surface area contributed by atoms with Crippen molar-refractivity contribution in [2.75, 3.05) is 0 Å². The van der Waals surface area contributed by atoms with Crippen LogP contribution in [0.4, 0.5) is 0 Å². The second kappa shape index (κ2) is 4.70. The Bertz CT molecular complexity index is 743. The van der Waals surface area contributed by atoms with Gasteiger partial charge in [0.15, 0.2) is 5.69 Å². The summed E-state index contributed by atoms with van der Waals surface area (Å²) in [4.78, 5) is 19.4. The molecule has 20 heavy (non-hydrogen) atoms. The van der Waals surface area contributed by atoms with E-state index in [9.17, 15) is 4.79 Å². The van der Waals surface area contributed by atoms with Gasteiger partial charge in [-0.2, -0.15) is 0 Å². The van der Waals surface area contributed by atoms with Crippen molar-refractivity contribution in [2.45, 2.75) is 13.1 Å². The molecule has 0 radical (unpaired) electrons. The van der Waals surface area contributed by atoms with E-state index in [1.54, 1.807) is 22.9 Å². The van der Waals surface area contributed by atoms with Crippen LogP contribution in [0.1, 0.15) is 21.9 Å². The summed E-state index contributed by atoms with van der Waals surface area (Å²) in [5.41, 5.74) is 6.49. The smallest absolute Gasteiger partial charge is 0.358 e. The molecular formula is C11H11N7O2. The van der Waals surface area contributed by atoms with Crippen LogP contribution in [0.15, 0.2) is 24.7 Å². The SMILES string of the molecule is NCc1c(C(=O)O)nnn1Cc1cn2cccnc2n1. The number of carboxylic acids is 1. The number of carboxylic acid groups (broad SMARTS) is 1. The number of imidazole rings is 1. The van der Waals surface area contributed by atoms with E-state index >= 15 is 0 Å². The standard InChI is InChI=1S/C11H11N7O2/c12-4-8-9(10(19)20)15-16-18(8)6-7-5-17-3-1-2-13-11(17)14-7/h1-3,5H,4,6,12H2,(H,19,20). The molecule has 3 rings (SSSR count). The van der Waals surface area contributed by atoms with Gasteiger partial charge in [0.1, 0.15) is 0 Å². The number of rotatable bonds is 4. The topological polar surface area (TPSA) is 124 Å². The van der Waals surface area contributed by atoms with Gasteiger partial charge in [0, 0.05) is 25.1 Å². The Morgan fingerprint density at radius 2 is 2.30 bits per heavy atom. The van der Waals surface area contributed by atoms with Crippen molar-refractivity contribution in [1.29, 1.82) is 0 Å². The molecule has 9 nitrogen and oxygen atoms in total. The maximum atomic E-state index is 11.0. The first-order chi connectivity index (χ1) is 9.69. The van der Waals surface area contributed by atoms with E-state index in [1.807, 2.05) is 6.20 Å². The van der Waals surface area contributed by atoms with Crippen LogP contribution in [0.2, 0.25) is 0 Å². The Hall–Kier alpha value is -2.81. The zero-order chi connectivity index (χ0) is 14.1. The van der Waals surface area contributed by atoms with Gasteiger partial charge in [0.25, 0.3) is 0 Å². The molecule has 9 heteroatoms. The normalized spacial score (nSPS) is 11.1. The maximum absolute atomic E-state index is 11.0. The molecule has 0 spiro atoms. The molecule has 0 saturated carbocycles. The molecular weight excluding hydrogens is 262 g/mol. The van der Waals surface area contributed by atoms with E-state index in [2.05, 4.69) is 20.3 Å². The van der Waals surface area contributed by atoms with Crippen molar-refractivity contribution < 1.29 is 9.90 Å². The third-order valence-corrected chi connectivity index (χ3v) is 2.83. The zero-order valence-corrected chi connectivity index (χ0v) is 10.3. The molecule has 0 unspecified atom stereocenters. The molecule has 3 heterocycles. The summed E-state index contributed by atoms with van der Waals surface area (Å²) in [6.45, 7) is 0.330. The second-order valence-corrected chi connectivity index (χ2v) is 4.11. The molecule has 3 aromatic heterocycles. The van der Waals surface area contributed by atoms with Gasteiger partial charge in [-0.15, -0.1) is 5.10 Å². The van der Waals surface area contributed by atoms with E-state index in [0.29, 0.717) is 17.2 Å². The predicted molar refractivity (Wildman–Crippen MR) is 67.0 cm³/mol. The molecule has 3 N–H and O–H groups in total. The largest absolute Gasteiger partial charge is 0.476 e. The fourth-order valence-corrected chi connectivity index (χ4v) is 1.94. The molecule has 0 atom stereocenters. The van der Waals surface area contributed by atoms with Crippen molar-refractivity contribution in [3.05, 3.63) is 41.7 Å². The van der Waals surface area contributed by atoms with Gasteiger partial charge >= 0.3 is 5.97 Å². The summed E-state index contributed by atoms with van der Waals surface area (Å²) in [6.07, 6.45) is 5.27. The lowest BCUT2D eigenvalue weighted by Gasteiger charge is -2.02. The molecule has 102 valence electrons. The quantitative estimate of drug-likeness (QED) is 0.658. The molecule has 0 fully saturated rings. The Morgan fingerprint density at radius 3 is 3.00 bits per heavy atom. The highest BCUT2D eigenvalue weighted by atomic mass is 16.4. The molecule has 0 aliphatic heterocycles. The lowest BCUT2D eigenvalue weighted by molar-refractivity contribution is 0.0689. The average Bonchev–Trinajstić information content (AvgIpc) is 3.01. The first kappa shape index (κ1) is 12.2. The maximum Gasteiger partial charge on any atom is 0.358 e. The monoisotopic (exact) mass is 273 g/mol. The van der Waals surface area contributed by atoms with E-state index in [1.165, 1.54) is 4.68 Å². The summed E-state index contributed by atoms with van der Waals surface area (Å²) in [7, 11) is 0. The summed E-state index contributed by atoms with van der Waals surface area (Å²) >= 11 is 0. The summed E-state index contributed by atoms with van der Waals surface area (Å²) < 4.78 is 3.21. The number of aromatic nitrogens is 6. The summed E-state index contributed by atoms with van der Waals surface area (Å²) in [6, 6.07) is 1.79. The Kier molecular flexibility index (Phi) is 2.88. The van der Waals surface area contributed by atoms with Crippen molar-refractivity contribution in [2.24, 2.45) is 5.73 Å². The molecule has 0 aliphatic rings. The highest BCUT2D eigenvalue weighted by Gasteiger charge is 2.18. The van der Waals surface area contributed by atoms with Gasteiger partial charge in [0.05, 0.1) is 17.9 Å². The summed E-state index contributed by atoms with van der Waals surface area (Å²) in [5, 5.41) is 16.4. The number of carbonyl (C=O) groups is 1. The first-order valence-electron chi connectivity index (χ1n) is 5.83. The second-order valence-electron chi connectivity index (χ2n) is 4.11. The third-order valence-electron chi connectivity index (χ3n) is 2.83. The van der Waals surface area contributed by atoms with E-state index in [0.717, 1.165) is 0 Å². The zero-order valence-electron chi connectivity index (χ0n) is 10.3. The van der Waals surface area contributed by atoms with E-state index < -0.39 is 5.97 Å². The lowest BCUT2D eigenvalue weighted by atomic mass is 10.3. The van der Waals surface area contributed by atoms with Gasteiger partial charge in [0.2, 0.25) is 5.78 Å². The van der Waals surface area contributed by atoms with Gasteiger partial charge < -0.3 is 10.8 Å². The molecule has 0 bridgehead atoms. The summed E-state index contributed by atoms with van der Waals surface area (Å²) in [5.74, 6) is -0.580. The van der Waals surface area contributed by atoms with Gasteiger partial charge in [-0.3, -0.25) is 4.40 Å². The fraction of sp³-hybridized carbons (Fsp3) is 0.182. The molecule has 3 aromatic rings. The number of nitrogens with zero attached hydrogens (tertiary/aromatic N) is 6. The van der Waals surface area contributed by atoms with Crippen LogP contribution in [0.3, 0.4) is 0 Å². The first-order valence-corrected chi connectivity index (χ1v) is 5.83. The van der Waals surface area contributed by atoms with Crippen LogP contribution in [0.25, 0.3) is 5.78 Å². The van der Waals surface area contributed by atoms with Gasteiger partial charge in [-0.1, -0.05) is 5.21 Å². The molecule has 0 aliphatic carbocycles. The highest BCUT2D eigenvalue weighted by Crippen LogP contribution is 2.09. The van der Waals surface area contributed by atoms with Crippen molar-refractivity contribution in [3.8, 4) is 0 Å². The minimum Gasteiger partial charge on any atom is -0.476 e. The van der Waals surface area contributed by atoms with Crippen LogP contribution in [0, 0.1) is 0 Å².